The Labute approximate surface area is 97.5 Å². The largest absolute Gasteiger partial charge is 0.491 e. The molecule has 0 aliphatic heterocycles. The molecule has 1 rings (SSSR count). The number of carbonyl (C=O) groups excluding carboxylic acids is 1. The molecular weight excluding hydrogens is 232 g/mol. The summed E-state index contributed by atoms with van der Waals surface area (Å²) < 4.78 is 35.8. The van der Waals surface area contributed by atoms with Crippen LogP contribution in [0, 0.1) is 11.6 Å². The van der Waals surface area contributed by atoms with Crippen molar-refractivity contribution >= 4 is 5.91 Å². The van der Waals surface area contributed by atoms with E-state index in [9.17, 15) is 13.6 Å². The molecule has 0 aromatic heterocycles. The van der Waals surface area contributed by atoms with Crippen LogP contribution in [0.1, 0.15) is 10.4 Å². The van der Waals surface area contributed by atoms with Crippen molar-refractivity contribution in [1.29, 1.82) is 0 Å². The van der Waals surface area contributed by atoms with Crippen LogP contribution in [0.3, 0.4) is 0 Å². The topological polar surface area (TPSA) is 47.6 Å². The van der Waals surface area contributed by atoms with E-state index >= 15 is 0 Å². The van der Waals surface area contributed by atoms with Gasteiger partial charge < -0.3 is 14.8 Å². The average Bonchev–Trinajstić information content (AvgIpc) is 2.28. The molecule has 0 saturated heterocycles. The van der Waals surface area contributed by atoms with E-state index in [-0.39, 0.29) is 12.1 Å². The van der Waals surface area contributed by atoms with Gasteiger partial charge in [-0.1, -0.05) is 0 Å². The van der Waals surface area contributed by atoms with Gasteiger partial charge in [-0.2, -0.15) is 0 Å². The SMILES string of the molecule is COCCNC(=O)c1cc(F)c(OC)c(F)c1. The van der Waals surface area contributed by atoms with E-state index in [0.717, 1.165) is 19.2 Å². The zero-order valence-corrected chi connectivity index (χ0v) is 9.55. The van der Waals surface area contributed by atoms with Gasteiger partial charge in [0.1, 0.15) is 0 Å². The molecular formula is C11H13F2NO3. The molecule has 6 heteroatoms. The standard InChI is InChI=1S/C11H13F2NO3/c1-16-4-3-14-11(15)7-5-8(12)10(17-2)9(13)6-7/h5-6H,3-4H2,1-2H3,(H,14,15). The molecule has 4 nitrogen and oxygen atoms in total. The molecule has 0 bridgehead atoms. The van der Waals surface area contributed by atoms with Crippen LogP contribution in [0.2, 0.25) is 0 Å². The highest BCUT2D eigenvalue weighted by molar-refractivity contribution is 5.94. The first-order chi connectivity index (χ1) is 8.10. The highest BCUT2D eigenvalue weighted by Crippen LogP contribution is 2.22. The Hall–Kier alpha value is -1.69. The van der Waals surface area contributed by atoms with Crippen molar-refractivity contribution in [1.82, 2.24) is 5.32 Å². The van der Waals surface area contributed by atoms with E-state index < -0.39 is 23.3 Å². The maximum absolute atomic E-state index is 13.3. The molecule has 0 saturated carbocycles. The van der Waals surface area contributed by atoms with E-state index in [1.165, 1.54) is 7.11 Å². The van der Waals surface area contributed by atoms with Gasteiger partial charge in [0.15, 0.2) is 17.4 Å². The summed E-state index contributed by atoms with van der Waals surface area (Å²) in [6.07, 6.45) is 0. The molecule has 0 radical (unpaired) electrons. The van der Waals surface area contributed by atoms with Crippen LogP contribution in [-0.2, 0) is 4.74 Å². The third-order valence-corrected chi connectivity index (χ3v) is 2.06. The molecule has 0 aliphatic rings. The molecule has 94 valence electrons. The lowest BCUT2D eigenvalue weighted by molar-refractivity contribution is 0.0936. The van der Waals surface area contributed by atoms with Crippen molar-refractivity contribution in [3.8, 4) is 5.75 Å². The highest BCUT2D eigenvalue weighted by Gasteiger charge is 2.15. The second-order valence-corrected chi connectivity index (χ2v) is 3.22. The highest BCUT2D eigenvalue weighted by atomic mass is 19.1. The number of rotatable bonds is 5. The predicted molar refractivity (Wildman–Crippen MR) is 57.1 cm³/mol. The van der Waals surface area contributed by atoms with E-state index in [2.05, 4.69) is 10.1 Å². The molecule has 0 fully saturated rings. The second kappa shape index (κ2) is 6.15. The lowest BCUT2D eigenvalue weighted by Crippen LogP contribution is -2.27. The number of hydrogen-bond acceptors (Lipinski definition) is 3. The number of ether oxygens (including phenoxy) is 2. The van der Waals surface area contributed by atoms with Crippen LogP contribution in [0.5, 0.6) is 5.75 Å². The van der Waals surface area contributed by atoms with Gasteiger partial charge in [-0.15, -0.1) is 0 Å². The number of benzene rings is 1. The van der Waals surface area contributed by atoms with Crippen molar-refractivity contribution in [2.45, 2.75) is 0 Å². The number of halogens is 2. The summed E-state index contributed by atoms with van der Waals surface area (Å²) >= 11 is 0. The van der Waals surface area contributed by atoms with Gasteiger partial charge in [0.25, 0.3) is 5.91 Å². The van der Waals surface area contributed by atoms with Crippen LogP contribution in [-0.4, -0.2) is 33.3 Å². The molecule has 0 atom stereocenters. The van der Waals surface area contributed by atoms with Gasteiger partial charge in [-0.25, -0.2) is 8.78 Å². The maximum Gasteiger partial charge on any atom is 0.251 e. The first-order valence-corrected chi connectivity index (χ1v) is 4.90. The van der Waals surface area contributed by atoms with Crippen LogP contribution in [0.15, 0.2) is 12.1 Å². The number of carbonyl (C=O) groups is 1. The first kappa shape index (κ1) is 13.4. The molecule has 0 spiro atoms. The molecule has 1 amide bonds. The second-order valence-electron chi connectivity index (χ2n) is 3.22. The first-order valence-electron chi connectivity index (χ1n) is 4.90. The summed E-state index contributed by atoms with van der Waals surface area (Å²) in [7, 11) is 2.64. The van der Waals surface area contributed by atoms with Crippen LogP contribution < -0.4 is 10.1 Å². The van der Waals surface area contributed by atoms with Crippen molar-refractivity contribution in [2.75, 3.05) is 27.4 Å². The number of hydrogen-bond donors (Lipinski definition) is 1. The Morgan fingerprint density at radius 3 is 2.35 bits per heavy atom. The zero-order chi connectivity index (χ0) is 12.8. The van der Waals surface area contributed by atoms with Gasteiger partial charge in [0.2, 0.25) is 0 Å². The molecule has 1 aromatic carbocycles. The minimum Gasteiger partial charge on any atom is -0.491 e. The average molecular weight is 245 g/mol. The quantitative estimate of drug-likeness (QED) is 0.796. The summed E-state index contributed by atoms with van der Waals surface area (Å²) in [6, 6.07) is 1.84. The summed E-state index contributed by atoms with van der Waals surface area (Å²) in [5.41, 5.74) is -0.100. The summed E-state index contributed by atoms with van der Waals surface area (Å²) in [4.78, 5) is 11.5. The third kappa shape index (κ3) is 3.39. The normalized spacial score (nSPS) is 10.1. The van der Waals surface area contributed by atoms with Crippen molar-refractivity contribution in [3.63, 3.8) is 0 Å². The van der Waals surface area contributed by atoms with E-state index in [1.807, 2.05) is 0 Å². The zero-order valence-electron chi connectivity index (χ0n) is 9.55. The Morgan fingerprint density at radius 2 is 1.88 bits per heavy atom. The van der Waals surface area contributed by atoms with Gasteiger partial charge >= 0.3 is 0 Å². The molecule has 1 aromatic rings. The van der Waals surface area contributed by atoms with Gasteiger partial charge in [0, 0.05) is 19.2 Å². The fourth-order valence-corrected chi connectivity index (χ4v) is 1.25. The van der Waals surface area contributed by atoms with Crippen LogP contribution >= 0.6 is 0 Å². The predicted octanol–water partition coefficient (Wildman–Crippen LogP) is 1.35. The number of amides is 1. The fraction of sp³-hybridized carbons (Fsp3) is 0.364. The molecule has 1 N–H and O–H groups in total. The van der Waals surface area contributed by atoms with E-state index in [1.54, 1.807) is 0 Å². The smallest absolute Gasteiger partial charge is 0.251 e. The van der Waals surface area contributed by atoms with Crippen LogP contribution in [0.25, 0.3) is 0 Å². The number of methoxy groups -OCH3 is 2. The lowest BCUT2D eigenvalue weighted by atomic mass is 10.2. The summed E-state index contributed by atoms with van der Waals surface area (Å²) in [5, 5.41) is 2.45. The summed E-state index contributed by atoms with van der Waals surface area (Å²) in [6.45, 7) is 0.595. The molecule has 0 heterocycles. The van der Waals surface area contributed by atoms with E-state index in [4.69, 9.17) is 4.74 Å². The maximum atomic E-state index is 13.3. The fourth-order valence-electron chi connectivity index (χ4n) is 1.25. The summed E-state index contributed by atoms with van der Waals surface area (Å²) in [5.74, 6) is -2.89. The molecule has 17 heavy (non-hydrogen) atoms. The van der Waals surface area contributed by atoms with E-state index in [0.29, 0.717) is 6.61 Å². The van der Waals surface area contributed by atoms with Gasteiger partial charge in [-0.3, -0.25) is 4.79 Å². The molecule has 0 unspecified atom stereocenters. The lowest BCUT2D eigenvalue weighted by Gasteiger charge is -2.07. The third-order valence-electron chi connectivity index (χ3n) is 2.06. The Kier molecular flexibility index (Phi) is 4.84. The van der Waals surface area contributed by atoms with Crippen molar-refractivity contribution in [3.05, 3.63) is 29.3 Å². The minimum absolute atomic E-state index is 0.100. The van der Waals surface area contributed by atoms with Gasteiger partial charge in [0.05, 0.1) is 13.7 Å². The number of nitrogens with one attached hydrogen (secondary N) is 1. The monoisotopic (exact) mass is 245 g/mol. The van der Waals surface area contributed by atoms with Gasteiger partial charge in [-0.05, 0) is 12.1 Å². The Morgan fingerprint density at radius 1 is 1.29 bits per heavy atom. The van der Waals surface area contributed by atoms with Crippen molar-refractivity contribution in [2.24, 2.45) is 0 Å². The van der Waals surface area contributed by atoms with Crippen LogP contribution in [0.4, 0.5) is 8.78 Å². The minimum atomic E-state index is -0.913. The Bertz CT molecular complexity index is 387. The molecule has 0 aliphatic carbocycles. The Balaban J connectivity index is 2.81. The van der Waals surface area contributed by atoms with Crippen molar-refractivity contribution < 1.29 is 23.0 Å².